The van der Waals surface area contributed by atoms with Crippen LogP contribution in [0.25, 0.3) is 0 Å². The maximum absolute atomic E-state index is 12.2. The van der Waals surface area contributed by atoms with Crippen molar-refractivity contribution in [1.82, 2.24) is 19.5 Å². The lowest BCUT2D eigenvalue weighted by atomic mass is 10.2. The van der Waals surface area contributed by atoms with Gasteiger partial charge in [-0.25, -0.2) is 17.7 Å². The van der Waals surface area contributed by atoms with Crippen LogP contribution in [-0.2, 0) is 16.4 Å². The van der Waals surface area contributed by atoms with Crippen molar-refractivity contribution in [2.45, 2.75) is 31.2 Å². The first-order chi connectivity index (χ1) is 11.3. The quantitative estimate of drug-likeness (QED) is 0.788. The van der Waals surface area contributed by atoms with Crippen LogP contribution in [0.4, 0.5) is 5.82 Å². The van der Waals surface area contributed by atoms with Gasteiger partial charge in [-0.1, -0.05) is 13.3 Å². The number of hydrogen-bond donors (Lipinski definition) is 2. The average molecular weight is 351 g/mol. The van der Waals surface area contributed by atoms with Crippen molar-refractivity contribution in [3.05, 3.63) is 35.7 Å². The second-order valence-corrected chi connectivity index (χ2v) is 7.61. The average Bonchev–Trinajstić information content (AvgIpc) is 3.00. The molecule has 24 heavy (non-hydrogen) atoms. The fourth-order valence-electron chi connectivity index (χ4n) is 1.96. The summed E-state index contributed by atoms with van der Waals surface area (Å²) in [5.41, 5.74) is 1.21. The molecule has 1 amide bonds. The zero-order valence-corrected chi connectivity index (χ0v) is 14.7. The fraction of sp³-hybridized carbons (Fsp3) is 0.400. The summed E-state index contributed by atoms with van der Waals surface area (Å²) < 4.78 is 24.9. The number of aryl methyl sites for hydroxylation is 1. The van der Waals surface area contributed by atoms with Crippen LogP contribution in [0.3, 0.4) is 0 Å². The topological polar surface area (TPSA) is 108 Å². The molecule has 2 rings (SSSR count). The number of aromatic nitrogens is 3. The third-order valence-corrected chi connectivity index (χ3v) is 5.15. The van der Waals surface area contributed by atoms with Crippen LogP contribution in [0.15, 0.2) is 29.4 Å². The predicted molar refractivity (Wildman–Crippen MR) is 90.3 cm³/mol. The van der Waals surface area contributed by atoms with E-state index in [1.165, 1.54) is 32.4 Å². The third kappa shape index (κ3) is 4.18. The SMILES string of the molecule is CCCCc1cc(NC(=O)c2ccc(S(=O)(=O)N(C)C)nc2)n[nH]1. The van der Waals surface area contributed by atoms with Crippen molar-refractivity contribution in [2.75, 3.05) is 19.4 Å². The Morgan fingerprint density at radius 1 is 1.33 bits per heavy atom. The minimum atomic E-state index is -3.61. The van der Waals surface area contributed by atoms with Gasteiger partial charge in [-0.3, -0.25) is 9.89 Å². The fourth-order valence-corrected chi connectivity index (χ4v) is 2.76. The largest absolute Gasteiger partial charge is 0.305 e. The molecule has 0 aliphatic carbocycles. The number of carbonyl (C=O) groups is 1. The highest BCUT2D eigenvalue weighted by molar-refractivity contribution is 7.89. The Morgan fingerprint density at radius 2 is 2.08 bits per heavy atom. The van der Waals surface area contributed by atoms with Crippen molar-refractivity contribution in [1.29, 1.82) is 0 Å². The Balaban J connectivity index is 2.06. The summed E-state index contributed by atoms with van der Waals surface area (Å²) in [6, 6.07) is 4.51. The van der Waals surface area contributed by atoms with E-state index in [-0.39, 0.29) is 10.6 Å². The van der Waals surface area contributed by atoms with Crippen molar-refractivity contribution in [3.63, 3.8) is 0 Å². The first kappa shape index (κ1) is 18.1. The Labute approximate surface area is 141 Å². The van der Waals surface area contributed by atoms with Gasteiger partial charge in [0.1, 0.15) is 0 Å². The molecule has 2 N–H and O–H groups in total. The molecule has 0 aliphatic heterocycles. The molecular weight excluding hydrogens is 330 g/mol. The summed E-state index contributed by atoms with van der Waals surface area (Å²) >= 11 is 0. The van der Waals surface area contributed by atoms with Crippen molar-refractivity contribution in [3.8, 4) is 0 Å². The predicted octanol–water partition coefficient (Wildman–Crippen LogP) is 1.65. The molecule has 0 spiro atoms. The van der Waals surface area contributed by atoms with Crippen molar-refractivity contribution < 1.29 is 13.2 Å². The molecule has 0 unspecified atom stereocenters. The molecule has 2 aromatic heterocycles. The Hall–Kier alpha value is -2.26. The number of unbranched alkanes of at least 4 members (excludes halogenated alkanes) is 1. The van der Waals surface area contributed by atoms with Gasteiger partial charge in [-0.2, -0.15) is 5.10 Å². The lowest BCUT2D eigenvalue weighted by Crippen LogP contribution is -2.23. The van der Waals surface area contributed by atoms with Crippen LogP contribution >= 0.6 is 0 Å². The molecule has 0 aliphatic rings. The van der Waals surface area contributed by atoms with Gasteiger partial charge >= 0.3 is 0 Å². The first-order valence-electron chi connectivity index (χ1n) is 7.58. The zero-order chi connectivity index (χ0) is 17.7. The van der Waals surface area contributed by atoms with E-state index in [2.05, 4.69) is 27.4 Å². The molecular formula is C15H21N5O3S. The molecule has 0 atom stereocenters. The van der Waals surface area contributed by atoms with Crippen LogP contribution in [0, 0.1) is 0 Å². The van der Waals surface area contributed by atoms with Gasteiger partial charge in [-0.05, 0) is 25.0 Å². The summed E-state index contributed by atoms with van der Waals surface area (Å²) in [5.74, 6) is 0.0286. The van der Waals surface area contributed by atoms with E-state index in [0.717, 1.165) is 29.3 Å². The second-order valence-electron chi connectivity index (χ2n) is 5.51. The minimum Gasteiger partial charge on any atom is -0.305 e. The monoisotopic (exact) mass is 351 g/mol. The number of pyridine rings is 1. The Morgan fingerprint density at radius 3 is 2.67 bits per heavy atom. The molecule has 0 saturated heterocycles. The van der Waals surface area contributed by atoms with E-state index in [4.69, 9.17) is 0 Å². The minimum absolute atomic E-state index is 0.106. The summed E-state index contributed by atoms with van der Waals surface area (Å²) in [5, 5.41) is 9.46. The molecule has 0 radical (unpaired) electrons. The number of aromatic amines is 1. The molecule has 0 saturated carbocycles. The third-order valence-electron chi connectivity index (χ3n) is 3.42. The molecule has 8 nitrogen and oxygen atoms in total. The van der Waals surface area contributed by atoms with Crippen LogP contribution in [0.2, 0.25) is 0 Å². The van der Waals surface area contributed by atoms with Gasteiger partial charge in [0.05, 0.1) is 5.56 Å². The number of rotatable bonds is 7. The number of carbonyl (C=O) groups excluding carboxylic acids is 1. The highest BCUT2D eigenvalue weighted by Gasteiger charge is 2.19. The van der Waals surface area contributed by atoms with E-state index in [9.17, 15) is 13.2 Å². The van der Waals surface area contributed by atoms with E-state index < -0.39 is 15.9 Å². The lowest BCUT2D eigenvalue weighted by Gasteiger charge is -2.10. The number of nitrogens with zero attached hydrogens (tertiary/aromatic N) is 3. The van der Waals surface area contributed by atoms with Gasteiger partial charge in [0.2, 0.25) is 0 Å². The maximum Gasteiger partial charge on any atom is 0.260 e. The summed E-state index contributed by atoms with van der Waals surface area (Å²) in [6.07, 6.45) is 4.23. The molecule has 0 fully saturated rings. The van der Waals surface area contributed by atoms with Crippen LogP contribution in [0.1, 0.15) is 35.8 Å². The van der Waals surface area contributed by atoms with Gasteiger partial charge in [0.25, 0.3) is 15.9 Å². The van der Waals surface area contributed by atoms with Crippen LogP contribution in [-0.4, -0.2) is 47.9 Å². The molecule has 9 heteroatoms. The zero-order valence-electron chi connectivity index (χ0n) is 13.9. The Kier molecular flexibility index (Phi) is 5.68. The molecule has 0 aromatic carbocycles. The summed E-state index contributed by atoms with van der Waals surface area (Å²) in [7, 11) is -0.767. The van der Waals surface area contributed by atoms with Crippen molar-refractivity contribution in [2.24, 2.45) is 0 Å². The number of anilines is 1. The van der Waals surface area contributed by atoms with E-state index in [1.54, 1.807) is 6.07 Å². The number of amides is 1. The smallest absolute Gasteiger partial charge is 0.260 e. The molecule has 130 valence electrons. The van der Waals surface area contributed by atoms with Crippen molar-refractivity contribution >= 4 is 21.7 Å². The molecule has 0 bridgehead atoms. The van der Waals surface area contributed by atoms with E-state index >= 15 is 0 Å². The Bertz CT molecular complexity index is 797. The normalized spacial score (nSPS) is 11.7. The van der Waals surface area contributed by atoms with E-state index in [1.807, 2.05) is 0 Å². The van der Waals surface area contributed by atoms with Crippen LogP contribution < -0.4 is 5.32 Å². The maximum atomic E-state index is 12.2. The number of H-pyrrole nitrogens is 1. The number of sulfonamides is 1. The second kappa shape index (κ2) is 7.54. The van der Waals surface area contributed by atoms with Gasteiger partial charge in [0, 0.05) is 32.1 Å². The number of nitrogens with one attached hydrogen (secondary N) is 2. The van der Waals surface area contributed by atoms with Gasteiger partial charge in [0.15, 0.2) is 10.8 Å². The van der Waals surface area contributed by atoms with Crippen LogP contribution in [0.5, 0.6) is 0 Å². The molecule has 2 heterocycles. The molecule has 2 aromatic rings. The standard InChI is InChI=1S/C15H21N5O3S/c1-4-5-6-12-9-13(19-18-12)17-15(21)11-7-8-14(16-10-11)24(22,23)20(2)3/h7-10H,4-6H2,1-3H3,(H2,17,18,19,21). The first-order valence-corrected chi connectivity index (χ1v) is 9.03. The summed E-state index contributed by atoms with van der Waals surface area (Å²) in [4.78, 5) is 16.0. The van der Waals surface area contributed by atoms with E-state index in [0.29, 0.717) is 5.82 Å². The number of hydrogen-bond acceptors (Lipinski definition) is 5. The highest BCUT2D eigenvalue weighted by atomic mass is 32.2. The van der Waals surface area contributed by atoms with Gasteiger partial charge < -0.3 is 5.32 Å². The summed E-state index contributed by atoms with van der Waals surface area (Å²) in [6.45, 7) is 2.10. The lowest BCUT2D eigenvalue weighted by molar-refractivity contribution is 0.102. The highest BCUT2D eigenvalue weighted by Crippen LogP contribution is 2.13. The van der Waals surface area contributed by atoms with Gasteiger partial charge in [-0.15, -0.1) is 0 Å².